The number of carboxylic acid groups (broad SMARTS) is 1. The number of hydrogen-bond acceptors (Lipinski definition) is 2. The first kappa shape index (κ1) is 12.8. The summed E-state index contributed by atoms with van der Waals surface area (Å²) in [6, 6.07) is 7.14. The van der Waals surface area contributed by atoms with Gasteiger partial charge < -0.3 is 9.84 Å². The Bertz CT molecular complexity index is 317. The normalized spacial score (nSPS) is 9.50. The molecule has 0 saturated carbocycles. The predicted molar refractivity (Wildman–Crippen MR) is 59.6 cm³/mol. The molecule has 3 nitrogen and oxygen atoms in total. The highest BCUT2D eigenvalue weighted by Crippen LogP contribution is 2.11. The van der Waals surface area contributed by atoms with Crippen molar-refractivity contribution in [2.24, 2.45) is 0 Å². The van der Waals surface area contributed by atoms with Crippen molar-refractivity contribution >= 4 is 29.4 Å². The van der Waals surface area contributed by atoms with Crippen LogP contribution in [0.2, 0.25) is 0 Å². The van der Waals surface area contributed by atoms with E-state index in [1.165, 1.54) is 6.08 Å². The van der Waals surface area contributed by atoms with Gasteiger partial charge in [-0.05, 0) is 23.8 Å². The van der Waals surface area contributed by atoms with Gasteiger partial charge in [-0.1, -0.05) is 12.1 Å². The van der Waals surface area contributed by atoms with E-state index in [0.29, 0.717) is 0 Å². The van der Waals surface area contributed by atoms with Crippen molar-refractivity contribution in [2.45, 2.75) is 0 Å². The van der Waals surface area contributed by atoms with Crippen LogP contribution in [0.5, 0.6) is 5.75 Å². The fourth-order valence-electron chi connectivity index (χ4n) is 0.883. The molecule has 1 aromatic rings. The molecular weight excluding hydrogens is 195 g/mol. The fourth-order valence-corrected chi connectivity index (χ4v) is 0.883. The first-order chi connectivity index (χ1) is 6.22. The molecule has 0 amide bonds. The summed E-state index contributed by atoms with van der Waals surface area (Å²) in [4.78, 5) is 10.2. The molecule has 0 unspecified atom stereocenters. The van der Waals surface area contributed by atoms with Gasteiger partial charge in [0.1, 0.15) is 5.75 Å². The second kappa shape index (κ2) is 6.25. The second-order valence-corrected chi connectivity index (χ2v) is 2.44. The highest BCUT2D eigenvalue weighted by molar-refractivity contribution is 5.85. The monoisotopic (exact) mass is 208 g/mol. The third-order valence-corrected chi connectivity index (χ3v) is 1.53. The zero-order chi connectivity index (χ0) is 9.68. The molecule has 14 heavy (non-hydrogen) atoms. The van der Waals surface area contributed by atoms with E-state index in [4.69, 9.17) is 9.84 Å². The van der Waals surface area contributed by atoms with E-state index in [-0.39, 0.29) is 17.4 Å². The zero-order valence-electron chi connectivity index (χ0n) is 7.23. The van der Waals surface area contributed by atoms with Crippen LogP contribution in [0.1, 0.15) is 5.56 Å². The van der Waals surface area contributed by atoms with E-state index >= 15 is 0 Å². The van der Waals surface area contributed by atoms with Crippen LogP contribution in [-0.4, -0.2) is 35.5 Å². The number of benzene rings is 1. The Morgan fingerprint density at radius 2 is 1.93 bits per heavy atom. The third-order valence-electron chi connectivity index (χ3n) is 1.53. The smallest absolute Gasteiger partial charge is 0.328 e. The Morgan fingerprint density at radius 3 is 2.36 bits per heavy atom. The summed E-state index contributed by atoms with van der Waals surface area (Å²) in [6.45, 7) is 0. The number of hydrogen-bond donors (Lipinski definition) is 1. The number of aliphatic carboxylic acids is 1. The van der Waals surface area contributed by atoms with Gasteiger partial charge in [-0.2, -0.15) is 0 Å². The van der Waals surface area contributed by atoms with Crippen LogP contribution < -0.4 is 4.74 Å². The van der Waals surface area contributed by atoms with Gasteiger partial charge in [-0.3, -0.25) is 0 Å². The molecule has 0 fully saturated rings. The first-order valence-corrected chi connectivity index (χ1v) is 3.77. The minimum Gasteiger partial charge on any atom is -0.497 e. The standard InChI is InChI=1S/C10H10O3.Al.3H/c1-13-9-5-2-8(3-6-9)4-7-10(11)12;;;;/h2-7H,1H3,(H,11,12);;;;. The summed E-state index contributed by atoms with van der Waals surface area (Å²) in [5.41, 5.74) is 0.836. The zero-order valence-corrected chi connectivity index (χ0v) is 7.23. The molecule has 0 spiro atoms. The highest BCUT2D eigenvalue weighted by atomic mass is 27.0. The molecule has 4 heteroatoms. The minimum absolute atomic E-state index is 0. The molecule has 0 saturated heterocycles. The topological polar surface area (TPSA) is 46.5 Å². The molecule has 74 valence electrons. The van der Waals surface area contributed by atoms with Gasteiger partial charge in [0.05, 0.1) is 7.11 Å². The molecular formula is C10H13AlO3. The molecule has 1 aromatic carbocycles. The van der Waals surface area contributed by atoms with Crippen LogP contribution in [0.25, 0.3) is 6.08 Å². The van der Waals surface area contributed by atoms with Crippen LogP contribution in [0.4, 0.5) is 0 Å². The molecule has 0 aliphatic carbocycles. The third kappa shape index (κ3) is 4.13. The summed E-state index contributed by atoms with van der Waals surface area (Å²) < 4.78 is 4.95. The summed E-state index contributed by atoms with van der Waals surface area (Å²) in [5, 5.41) is 8.36. The molecule has 1 rings (SSSR count). The molecule has 0 aliphatic heterocycles. The van der Waals surface area contributed by atoms with Crippen LogP contribution in [0.3, 0.4) is 0 Å². The van der Waals surface area contributed by atoms with E-state index in [1.54, 1.807) is 31.4 Å². The molecule has 0 aliphatic rings. The molecule has 0 heterocycles. The van der Waals surface area contributed by atoms with Crippen molar-refractivity contribution in [1.82, 2.24) is 0 Å². The van der Waals surface area contributed by atoms with Crippen molar-refractivity contribution in [2.75, 3.05) is 7.11 Å². The maximum absolute atomic E-state index is 10.2. The van der Waals surface area contributed by atoms with E-state index < -0.39 is 5.97 Å². The number of methoxy groups -OCH3 is 1. The number of carbonyl (C=O) groups is 1. The predicted octanol–water partition coefficient (Wildman–Crippen LogP) is 0.609. The van der Waals surface area contributed by atoms with Crippen molar-refractivity contribution in [1.29, 1.82) is 0 Å². The average Bonchev–Trinajstić information content (AvgIpc) is 2.15. The van der Waals surface area contributed by atoms with Gasteiger partial charge in [-0.15, -0.1) is 0 Å². The first-order valence-electron chi connectivity index (χ1n) is 3.77. The largest absolute Gasteiger partial charge is 0.497 e. The van der Waals surface area contributed by atoms with E-state index in [9.17, 15) is 4.79 Å². The molecule has 0 radical (unpaired) electrons. The minimum atomic E-state index is -0.948. The van der Waals surface area contributed by atoms with Crippen LogP contribution in [0, 0.1) is 0 Å². The number of carboxylic acids is 1. The Balaban J connectivity index is 0.00000169. The van der Waals surface area contributed by atoms with Gasteiger partial charge >= 0.3 is 5.97 Å². The van der Waals surface area contributed by atoms with Gasteiger partial charge in [-0.25, -0.2) is 4.79 Å². The van der Waals surface area contributed by atoms with Gasteiger partial charge in [0.25, 0.3) is 0 Å². The average molecular weight is 208 g/mol. The van der Waals surface area contributed by atoms with Crippen molar-refractivity contribution < 1.29 is 14.6 Å². The SMILES string of the molecule is COc1ccc(C=CC(=O)O)cc1.[AlH3]. The number of ether oxygens (including phenoxy) is 1. The van der Waals surface area contributed by atoms with E-state index in [1.807, 2.05) is 0 Å². The lowest BCUT2D eigenvalue weighted by Gasteiger charge is -1.98. The fraction of sp³-hybridized carbons (Fsp3) is 0.100. The van der Waals surface area contributed by atoms with Gasteiger partial charge in [0.2, 0.25) is 0 Å². The Hall–Kier alpha value is -1.24. The lowest BCUT2D eigenvalue weighted by molar-refractivity contribution is -0.131. The molecule has 0 atom stereocenters. The number of rotatable bonds is 3. The lowest BCUT2D eigenvalue weighted by atomic mass is 10.2. The molecule has 0 aromatic heterocycles. The van der Waals surface area contributed by atoms with Crippen LogP contribution in [0.15, 0.2) is 30.3 Å². The van der Waals surface area contributed by atoms with Crippen LogP contribution in [-0.2, 0) is 4.79 Å². The van der Waals surface area contributed by atoms with Gasteiger partial charge in [0.15, 0.2) is 17.4 Å². The van der Waals surface area contributed by atoms with Crippen molar-refractivity contribution in [3.63, 3.8) is 0 Å². The summed E-state index contributed by atoms with van der Waals surface area (Å²) in [6.07, 6.45) is 2.63. The summed E-state index contributed by atoms with van der Waals surface area (Å²) >= 11 is 0. The van der Waals surface area contributed by atoms with E-state index in [2.05, 4.69) is 0 Å². The highest BCUT2D eigenvalue weighted by Gasteiger charge is 1.91. The van der Waals surface area contributed by atoms with Crippen LogP contribution >= 0.6 is 0 Å². The maximum Gasteiger partial charge on any atom is 0.328 e. The lowest BCUT2D eigenvalue weighted by Crippen LogP contribution is -1.86. The molecule has 1 N–H and O–H groups in total. The quantitative estimate of drug-likeness (QED) is 0.584. The van der Waals surface area contributed by atoms with Gasteiger partial charge in [0, 0.05) is 6.08 Å². The Kier molecular flexibility index (Phi) is 5.70. The van der Waals surface area contributed by atoms with E-state index in [0.717, 1.165) is 17.4 Å². The molecule has 0 bridgehead atoms. The Morgan fingerprint density at radius 1 is 1.36 bits per heavy atom. The van der Waals surface area contributed by atoms with Crippen molar-refractivity contribution in [3.05, 3.63) is 35.9 Å². The Labute approximate surface area is 93.1 Å². The summed E-state index contributed by atoms with van der Waals surface area (Å²) in [5.74, 6) is -0.191. The summed E-state index contributed by atoms with van der Waals surface area (Å²) in [7, 11) is 1.59. The maximum atomic E-state index is 10.2. The second-order valence-electron chi connectivity index (χ2n) is 2.44. The van der Waals surface area contributed by atoms with Crippen molar-refractivity contribution in [3.8, 4) is 5.75 Å².